The maximum absolute atomic E-state index is 12.5. The fourth-order valence-electron chi connectivity index (χ4n) is 2.63. The molecule has 0 aliphatic heterocycles. The van der Waals surface area contributed by atoms with Crippen LogP contribution in [0, 0.1) is 13.8 Å². The molecule has 122 valence electrons. The van der Waals surface area contributed by atoms with Crippen LogP contribution >= 0.6 is 0 Å². The fourth-order valence-corrected chi connectivity index (χ4v) is 2.63. The second kappa shape index (κ2) is 6.20. The molecule has 0 saturated carbocycles. The van der Waals surface area contributed by atoms with E-state index < -0.39 is 5.97 Å². The minimum atomic E-state index is -0.457. The lowest BCUT2D eigenvalue weighted by Gasteiger charge is -2.05. The van der Waals surface area contributed by atoms with E-state index in [1.165, 1.54) is 7.11 Å². The van der Waals surface area contributed by atoms with E-state index in [2.05, 4.69) is 10.1 Å². The summed E-state index contributed by atoms with van der Waals surface area (Å²) in [6.07, 6.45) is 0. The third-order valence-corrected chi connectivity index (χ3v) is 3.91. The number of furan rings is 1. The molecule has 3 rings (SSSR count). The van der Waals surface area contributed by atoms with Crippen LogP contribution in [0.3, 0.4) is 0 Å². The number of benzene rings is 2. The van der Waals surface area contributed by atoms with Gasteiger partial charge in [0, 0.05) is 16.6 Å². The minimum Gasteiger partial charge on any atom is -0.465 e. The van der Waals surface area contributed by atoms with Crippen LogP contribution < -0.4 is 5.32 Å². The molecule has 0 atom stereocenters. The first-order chi connectivity index (χ1) is 11.5. The number of para-hydroxylation sites is 1. The molecule has 0 spiro atoms. The summed E-state index contributed by atoms with van der Waals surface area (Å²) in [4.78, 5) is 24.1. The molecule has 0 fully saturated rings. The molecule has 2 aromatic carbocycles. The SMILES string of the molecule is COC(=O)c1cccc(NC(=O)c2oc3c(C)cccc3c2C)c1. The molecule has 0 aliphatic carbocycles. The molecule has 1 aromatic heterocycles. The molecule has 1 amide bonds. The van der Waals surface area contributed by atoms with Gasteiger partial charge in [-0.15, -0.1) is 0 Å². The van der Waals surface area contributed by atoms with E-state index in [0.29, 0.717) is 16.8 Å². The third-order valence-electron chi connectivity index (χ3n) is 3.91. The molecule has 0 radical (unpaired) electrons. The highest BCUT2D eigenvalue weighted by Crippen LogP contribution is 2.28. The van der Waals surface area contributed by atoms with Crippen LogP contribution in [0.1, 0.15) is 32.0 Å². The number of hydrogen-bond donors (Lipinski definition) is 1. The van der Waals surface area contributed by atoms with Gasteiger partial charge in [0.05, 0.1) is 12.7 Å². The minimum absolute atomic E-state index is 0.266. The number of nitrogens with one attached hydrogen (secondary N) is 1. The highest BCUT2D eigenvalue weighted by molar-refractivity contribution is 6.07. The Morgan fingerprint density at radius 2 is 1.83 bits per heavy atom. The Balaban J connectivity index is 1.92. The predicted octanol–water partition coefficient (Wildman–Crippen LogP) is 4.09. The van der Waals surface area contributed by atoms with Crippen molar-refractivity contribution in [1.82, 2.24) is 0 Å². The van der Waals surface area contributed by atoms with Crippen molar-refractivity contribution in [1.29, 1.82) is 0 Å². The van der Waals surface area contributed by atoms with Gasteiger partial charge < -0.3 is 14.5 Å². The maximum Gasteiger partial charge on any atom is 0.337 e. The zero-order chi connectivity index (χ0) is 17.3. The van der Waals surface area contributed by atoms with Crippen molar-refractivity contribution < 1.29 is 18.7 Å². The van der Waals surface area contributed by atoms with E-state index in [1.54, 1.807) is 24.3 Å². The monoisotopic (exact) mass is 323 g/mol. The third kappa shape index (κ3) is 2.76. The summed E-state index contributed by atoms with van der Waals surface area (Å²) in [6, 6.07) is 12.4. The smallest absolute Gasteiger partial charge is 0.337 e. The predicted molar refractivity (Wildman–Crippen MR) is 91.4 cm³/mol. The van der Waals surface area contributed by atoms with Crippen molar-refractivity contribution in [3.63, 3.8) is 0 Å². The van der Waals surface area contributed by atoms with Crippen molar-refractivity contribution in [2.45, 2.75) is 13.8 Å². The average Bonchev–Trinajstić information content (AvgIpc) is 2.93. The van der Waals surface area contributed by atoms with Gasteiger partial charge in [0.2, 0.25) is 0 Å². The summed E-state index contributed by atoms with van der Waals surface area (Å²) in [5, 5.41) is 3.68. The van der Waals surface area contributed by atoms with Gasteiger partial charge in [0.1, 0.15) is 5.58 Å². The Morgan fingerprint density at radius 3 is 2.54 bits per heavy atom. The number of amides is 1. The van der Waals surface area contributed by atoms with Gasteiger partial charge in [0.15, 0.2) is 5.76 Å². The van der Waals surface area contributed by atoms with E-state index >= 15 is 0 Å². The molecule has 0 saturated heterocycles. The molecule has 0 bridgehead atoms. The van der Waals surface area contributed by atoms with E-state index in [1.807, 2.05) is 32.0 Å². The van der Waals surface area contributed by atoms with Crippen LogP contribution in [-0.2, 0) is 4.74 Å². The Morgan fingerprint density at radius 1 is 1.08 bits per heavy atom. The average molecular weight is 323 g/mol. The van der Waals surface area contributed by atoms with Crippen molar-refractivity contribution in [2.24, 2.45) is 0 Å². The van der Waals surface area contributed by atoms with E-state index in [4.69, 9.17) is 4.42 Å². The lowest BCUT2D eigenvalue weighted by molar-refractivity contribution is 0.0600. The van der Waals surface area contributed by atoms with Crippen molar-refractivity contribution in [3.05, 3.63) is 64.9 Å². The standard InChI is InChI=1S/C19H17NO4/c1-11-6-4-9-15-12(2)17(24-16(11)15)18(21)20-14-8-5-7-13(10-14)19(22)23-3/h4-10H,1-3H3,(H,20,21). The number of carbonyl (C=O) groups is 2. The Hall–Kier alpha value is -3.08. The van der Waals surface area contributed by atoms with Crippen LogP contribution in [0.5, 0.6) is 0 Å². The molecule has 0 aliphatic rings. The highest BCUT2D eigenvalue weighted by atomic mass is 16.5. The molecule has 1 N–H and O–H groups in total. The highest BCUT2D eigenvalue weighted by Gasteiger charge is 2.19. The van der Waals surface area contributed by atoms with Crippen LogP contribution in [0.2, 0.25) is 0 Å². The molecule has 1 heterocycles. The molecule has 5 heteroatoms. The number of aryl methyl sites for hydroxylation is 2. The summed E-state index contributed by atoms with van der Waals surface area (Å²) in [5.74, 6) is -0.547. The first-order valence-corrected chi connectivity index (χ1v) is 7.49. The van der Waals surface area contributed by atoms with Crippen molar-refractivity contribution in [3.8, 4) is 0 Å². The van der Waals surface area contributed by atoms with Gasteiger partial charge in [0.25, 0.3) is 5.91 Å². The van der Waals surface area contributed by atoms with Gasteiger partial charge in [-0.05, 0) is 37.6 Å². The lowest BCUT2D eigenvalue weighted by Crippen LogP contribution is -2.12. The van der Waals surface area contributed by atoms with Gasteiger partial charge in [-0.3, -0.25) is 4.79 Å². The Bertz CT molecular complexity index is 940. The van der Waals surface area contributed by atoms with Crippen molar-refractivity contribution in [2.75, 3.05) is 12.4 Å². The molecule has 24 heavy (non-hydrogen) atoms. The fraction of sp³-hybridized carbons (Fsp3) is 0.158. The van der Waals surface area contributed by atoms with Crippen LogP contribution in [0.25, 0.3) is 11.0 Å². The van der Waals surface area contributed by atoms with Crippen LogP contribution in [-0.4, -0.2) is 19.0 Å². The lowest BCUT2D eigenvalue weighted by atomic mass is 10.1. The first kappa shape index (κ1) is 15.8. The zero-order valence-electron chi connectivity index (χ0n) is 13.7. The van der Waals surface area contributed by atoms with Crippen molar-refractivity contribution >= 4 is 28.5 Å². The Labute approximate surface area is 139 Å². The molecular formula is C19H17NO4. The molecule has 3 aromatic rings. The topological polar surface area (TPSA) is 68.5 Å². The number of anilines is 1. The summed E-state index contributed by atoms with van der Waals surface area (Å²) in [6.45, 7) is 3.79. The summed E-state index contributed by atoms with van der Waals surface area (Å²) < 4.78 is 10.4. The second-order valence-electron chi connectivity index (χ2n) is 5.53. The number of methoxy groups -OCH3 is 1. The van der Waals surface area contributed by atoms with Gasteiger partial charge in [-0.1, -0.05) is 24.3 Å². The van der Waals surface area contributed by atoms with Crippen LogP contribution in [0.15, 0.2) is 46.9 Å². The maximum atomic E-state index is 12.5. The van der Waals surface area contributed by atoms with E-state index in [0.717, 1.165) is 16.5 Å². The quantitative estimate of drug-likeness (QED) is 0.737. The number of fused-ring (bicyclic) bond motifs is 1. The van der Waals surface area contributed by atoms with Gasteiger partial charge in [-0.25, -0.2) is 4.79 Å². The number of carbonyl (C=O) groups excluding carboxylic acids is 2. The van der Waals surface area contributed by atoms with Crippen LogP contribution in [0.4, 0.5) is 5.69 Å². The van der Waals surface area contributed by atoms with Gasteiger partial charge >= 0.3 is 5.97 Å². The molecular weight excluding hydrogens is 306 g/mol. The number of hydrogen-bond acceptors (Lipinski definition) is 4. The summed E-state index contributed by atoms with van der Waals surface area (Å²) in [5.41, 5.74) is 3.34. The van der Waals surface area contributed by atoms with E-state index in [9.17, 15) is 9.59 Å². The van der Waals surface area contributed by atoms with E-state index in [-0.39, 0.29) is 11.7 Å². The zero-order valence-corrected chi connectivity index (χ0v) is 13.7. The second-order valence-corrected chi connectivity index (χ2v) is 5.53. The Kier molecular flexibility index (Phi) is 4.08. The summed E-state index contributed by atoms with van der Waals surface area (Å²) in [7, 11) is 1.31. The molecule has 0 unspecified atom stereocenters. The number of esters is 1. The normalized spacial score (nSPS) is 10.6. The number of rotatable bonds is 3. The number of ether oxygens (including phenoxy) is 1. The largest absolute Gasteiger partial charge is 0.465 e. The molecule has 5 nitrogen and oxygen atoms in total. The van der Waals surface area contributed by atoms with Gasteiger partial charge in [-0.2, -0.15) is 0 Å². The first-order valence-electron chi connectivity index (χ1n) is 7.49. The summed E-state index contributed by atoms with van der Waals surface area (Å²) >= 11 is 0.